The van der Waals surface area contributed by atoms with E-state index in [1.807, 2.05) is 12.1 Å². The minimum atomic E-state index is -2.93. The maximum Gasteiger partial charge on any atom is 0.388 e. The highest BCUT2D eigenvalue weighted by atomic mass is 19.3. The van der Waals surface area contributed by atoms with Crippen LogP contribution in [0.25, 0.3) is 11.2 Å². The number of pyridine rings is 1. The van der Waals surface area contributed by atoms with E-state index in [2.05, 4.69) is 40.3 Å². The SMILES string of the molecule is FC(F)Oc1cc(Nc2cnc3cnn(Cc4cccnc4)c3n2)n[nH]1. The van der Waals surface area contributed by atoms with Crippen LogP contribution in [0.15, 0.2) is 43.0 Å². The molecule has 0 aliphatic carbocycles. The predicted octanol–water partition coefficient (Wildman–Crippen LogP) is 2.34. The molecule has 0 saturated carbocycles. The van der Waals surface area contributed by atoms with Crippen LogP contribution in [0.3, 0.4) is 0 Å². The number of fused-ring (bicyclic) bond motifs is 1. The molecule has 0 fully saturated rings. The third kappa shape index (κ3) is 3.41. The molecule has 0 saturated heterocycles. The van der Waals surface area contributed by atoms with Crippen molar-refractivity contribution in [1.82, 2.24) is 34.9 Å². The molecule has 11 heteroatoms. The standard InChI is InChI=1S/C15H12F2N8O/c16-15(17)26-13-4-11(23-24-13)21-12-7-19-10-6-20-25(14(10)22-12)8-9-2-1-3-18-5-9/h1-7,15H,8H2,(H2,21,22,23,24). The first-order chi connectivity index (χ1) is 12.7. The Morgan fingerprint density at radius 2 is 2.15 bits per heavy atom. The number of nitrogens with zero attached hydrogens (tertiary/aromatic N) is 6. The topological polar surface area (TPSA) is 106 Å². The highest BCUT2D eigenvalue weighted by Gasteiger charge is 2.11. The average Bonchev–Trinajstić information content (AvgIpc) is 3.22. The molecule has 0 aromatic carbocycles. The van der Waals surface area contributed by atoms with E-state index in [1.54, 1.807) is 23.3 Å². The summed E-state index contributed by atoms with van der Waals surface area (Å²) in [6.07, 6.45) is 6.56. The lowest BCUT2D eigenvalue weighted by atomic mass is 10.3. The summed E-state index contributed by atoms with van der Waals surface area (Å²) < 4.78 is 30.3. The summed E-state index contributed by atoms with van der Waals surface area (Å²) in [6.45, 7) is -2.44. The van der Waals surface area contributed by atoms with Crippen molar-refractivity contribution in [1.29, 1.82) is 0 Å². The largest absolute Gasteiger partial charge is 0.417 e. The molecule has 9 nitrogen and oxygen atoms in total. The zero-order valence-corrected chi connectivity index (χ0v) is 13.2. The number of halogens is 2. The molecule has 0 radical (unpaired) electrons. The summed E-state index contributed by atoms with van der Waals surface area (Å²) in [6, 6.07) is 5.07. The van der Waals surface area contributed by atoms with E-state index in [0.29, 0.717) is 23.5 Å². The second kappa shape index (κ2) is 6.70. The fourth-order valence-electron chi connectivity index (χ4n) is 2.34. The quantitative estimate of drug-likeness (QED) is 0.545. The molecule has 0 spiro atoms. The molecule has 26 heavy (non-hydrogen) atoms. The van der Waals surface area contributed by atoms with Crippen molar-refractivity contribution in [2.24, 2.45) is 0 Å². The zero-order chi connectivity index (χ0) is 17.9. The van der Waals surface area contributed by atoms with Crippen molar-refractivity contribution in [3.8, 4) is 5.88 Å². The molecule has 2 N–H and O–H groups in total. The zero-order valence-electron chi connectivity index (χ0n) is 13.2. The number of H-pyrrole nitrogens is 1. The van der Waals surface area contributed by atoms with Crippen molar-refractivity contribution in [3.63, 3.8) is 0 Å². The van der Waals surface area contributed by atoms with Gasteiger partial charge < -0.3 is 10.1 Å². The molecular formula is C15H12F2N8O. The van der Waals surface area contributed by atoms with Crippen LogP contribution in [0.4, 0.5) is 20.4 Å². The summed E-state index contributed by atoms with van der Waals surface area (Å²) in [5, 5.41) is 13.3. The van der Waals surface area contributed by atoms with Crippen molar-refractivity contribution < 1.29 is 13.5 Å². The first-order valence-corrected chi connectivity index (χ1v) is 7.52. The Balaban J connectivity index is 1.57. The molecule has 0 aliphatic rings. The van der Waals surface area contributed by atoms with E-state index >= 15 is 0 Å². The number of ether oxygens (including phenoxy) is 1. The molecule has 4 heterocycles. The van der Waals surface area contributed by atoms with Crippen LogP contribution >= 0.6 is 0 Å². The van der Waals surface area contributed by atoms with Gasteiger partial charge in [0.1, 0.15) is 5.52 Å². The maximum atomic E-state index is 12.2. The van der Waals surface area contributed by atoms with Crippen molar-refractivity contribution >= 4 is 22.8 Å². The lowest BCUT2D eigenvalue weighted by Gasteiger charge is -2.04. The molecule has 0 atom stereocenters. The number of hydrogen-bond donors (Lipinski definition) is 2. The van der Waals surface area contributed by atoms with E-state index < -0.39 is 6.61 Å². The Morgan fingerprint density at radius 1 is 1.23 bits per heavy atom. The Hall–Kier alpha value is -3.63. The molecule has 0 amide bonds. The van der Waals surface area contributed by atoms with Crippen molar-refractivity contribution in [2.45, 2.75) is 13.2 Å². The van der Waals surface area contributed by atoms with Crippen LogP contribution in [0, 0.1) is 0 Å². The maximum absolute atomic E-state index is 12.2. The Labute approximate surface area is 145 Å². The van der Waals surface area contributed by atoms with Crippen LogP contribution in [-0.2, 0) is 6.54 Å². The minimum absolute atomic E-state index is 0.154. The van der Waals surface area contributed by atoms with Gasteiger partial charge >= 0.3 is 6.61 Å². The second-order valence-corrected chi connectivity index (χ2v) is 5.25. The highest BCUT2D eigenvalue weighted by molar-refractivity contribution is 5.72. The van der Waals surface area contributed by atoms with Gasteiger partial charge in [-0.05, 0) is 11.6 Å². The first-order valence-electron chi connectivity index (χ1n) is 7.52. The summed E-state index contributed by atoms with van der Waals surface area (Å²) in [4.78, 5) is 12.8. The monoisotopic (exact) mass is 358 g/mol. The van der Waals surface area contributed by atoms with E-state index in [-0.39, 0.29) is 11.7 Å². The van der Waals surface area contributed by atoms with Gasteiger partial charge in [0, 0.05) is 18.5 Å². The number of nitrogens with one attached hydrogen (secondary N) is 2. The first kappa shape index (κ1) is 15.9. The Morgan fingerprint density at radius 3 is 2.96 bits per heavy atom. The van der Waals surface area contributed by atoms with E-state index in [0.717, 1.165) is 5.56 Å². The molecule has 0 bridgehead atoms. The van der Waals surface area contributed by atoms with Crippen LogP contribution in [-0.4, -0.2) is 41.5 Å². The summed E-state index contributed by atoms with van der Waals surface area (Å²) in [5.74, 6) is 0.506. The Kier molecular flexibility index (Phi) is 4.09. The number of aromatic nitrogens is 7. The van der Waals surface area contributed by atoms with Crippen LogP contribution in [0.5, 0.6) is 5.88 Å². The normalized spacial score (nSPS) is 11.2. The molecule has 4 aromatic rings. The second-order valence-electron chi connectivity index (χ2n) is 5.25. The molecular weight excluding hydrogens is 346 g/mol. The highest BCUT2D eigenvalue weighted by Crippen LogP contribution is 2.20. The van der Waals surface area contributed by atoms with E-state index in [9.17, 15) is 8.78 Å². The lowest BCUT2D eigenvalue weighted by Crippen LogP contribution is -2.04. The van der Waals surface area contributed by atoms with Gasteiger partial charge in [-0.2, -0.15) is 19.0 Å². The van der Waals surface area contributed by atoms with Gasteiger partial charge in [0.15, 0.2) is 17.3 Å². The van der Waals surface area contributed by atoms with Crippen molar-refractivity contribution in [3.05, 3.63) is 48.5 Å². The van der Waals surface area contributed by atoms with Crippen LogP contribution in [0.1, 0.15) is 5.56 Å². The summed E-state index contributed by atoms with van der Waals surface area (Å²) in [7, 11) is 0. The molecule has 132 valence electrons. The number of aromatic amines is 1. The number of anilines is 2. The van der Waals surface area contributed by atoms with Crippen LogP contribution < -0.4 is 10.1 Å². The molecule has 4 aromatic heterocycles. The molecule has 4 rings (SSSR count). The van der Waals surface area contributed by atoms with Gasteiger partial charge in [0.05, 0.1) is 18.9 Å². The molecule has 0 unspecified atom stereocenters. The van der Waals surface area contributed by atoms with Crippen LogP contribution in [0.2, 0.25) is 0 Å². The lowest BCUT2D eigenvalue weighted by molar-refractivity contribution is -0.0528. The average molecular weight is 358 g/mol. The fraction of sp³-hybridized carbons (Fsp3) is 0.133. The van der Waals surface area contributed by atoms with Gasteiger partial charge in [-0.1, -0.05) is 6.07 Å². The summed E-state index contributed by atoms with van der Waals surface area (Å²) >= 11 is 0. The van der Waals surface area contributed by atoms with Gasteiger partial charge in [-0.3, -0.25) is 4.98 Å². The van der Waals surface area contributed by atoms with E-state index in [1.165, 1.54) is 12.3 Å². The van der Waals surface area contributed by atoms with Gasteiger partial charge in [-0.25, -0.2) is 19.7 Å². The third-order valence-corrected chi connectivity index (χ3v) is 3.43. The Bertz CT molecular complexity index is 1020. The van der Waals surface area contributed by atoms with E-state index in [4.69, 9.17) is 0 Å². The number of rotatable bonds is 6. The number of alkyl halides is 2. The van der Waals surface area contributed by atoms with Gasteiger partial charge in [-0.15, -0.1) is 0 Å². The molecule has 0 aliphatic heterocycles. The summed E-state index contributed by atoms with van der Waals surface area (Å²) in [5.41, 5.74) is 2.17. The predicted molar refractivity (Wildman–Crippen MR) is 87.2 cm³/mol. The smallest absolute Gasteiger partial charge is 0.388 e. The fourth-order valence-corrected chi connectivity index (χ4v) is 2.34. The number of hydrogen-bond acceptors (Lipinski definition) is 7. The van der Waals surface area contributed by atoms with Gasteiger partial charge in [0.25, 0.3) is 0 Å². The third-order valence-electron chi connectivity index (χ3n) is 3.43. The van der Waals surface area contributed by atoms with Crippen molar-refractivity contribution in [2.75, 3.05) is 5.32 Å². The van der Waals surface area contributed by atoms with Gasteiger partial charge in [0.2, 0.25) is 5.88 Å². The minimum Gasteiger partial charge on any atom is -0.417 e.